The molecule has 1 aliphatic rings. The first-order valence-corrected chi connectivity index (χ1v) is 6.10. The summed E-state index contributed by atoms with van der Waals surface area (Å²) in [7, 11) is 0. The molecule has 0 aromatic carbocycles. The molecule has 1 rings (SSSR count). The molecule has 0 aromatic rings. The number of carbonyl (C=O) groups is 1. The van der Waals surface area contributed by atoms with Gasteiger partial charge in [-0.2, -0.15) is 0 Å². The third kappa shape index (κ3) is 4.47. The third-order valence-electron chi connectivity index (χ3n) is 2.84. The molecule has 0 spiro atoms. The molecule has 2 N–H and O–H groups in total. The second kappa shape index (κ2) is 7.60. The minimum Gasteiger partial charge on any atom is -0.366 e. The monoisotopic (exact) mass is 229 g/mol. The highest BCUT2D eigenvalue weighted by Crippen LogP contribution is 1.95. The Balaban J connectivity index is 2.13. The van der Waals surface area contributed by atoms with Crippen LogP contribution in [0.1, 0.15) is 13.8 Å². The van der Waals surface area contributed by atoms with Gasteiger partial charge in [-0.05, 0) is 13.1 Å². The highest BCUT2D eigenvalue weighted by Gasteiger charge is 2.20. The van der Waals surface area contributed by atoms with Gasteiger partial charge in [-0.15, -0.1) is 0 Å². The molecule has 5 heteroatoms. The van der Waals surface area contributed by atoms with Crippen molar-refractivity contribution in [2.75, 3.05) is 45.9 Å². The van der Waals surface area contributed by atoms with Crippen LogP contribution in [0.2, 0.25) is 0 Å². The van der Waals surface area contributed by atoms with E-state index in [2.05, 4.69) is 29.4 Å². The van der Waals surface area contributed by atoms with Gasteiger partial charge in [0, 0.05) is 26.2 Å². The maximum absolute atomic E-state index is 11.7. The maximum atomic E-state index is 11.7. The smallest absolute Gasteiger partial charge is 0.250 e. The molecule has 94 valence electrons. The van der Waals surface area contributed by atoms with Crippen LogP contribution < -0.4 is 10.6 Å². The molecule has 0 saturated carbocycles. The van der Waals surface area contributed by atoms with Crippen LogP contribution >= 0.6 is 0 Å². The van der Waals surface area contributed by atoms with Crippen molar-refractivity contribution in [2.24, 2.45) is 0 Å². The fourth-order valence-electron chi connectivity index (χ4n) is 1.72. The Morgan fingerprint density at radius 3 is 2.81 bits per heavy atom. The number of nitrogens with zero attached hydrogens (tertiary/aromatic N) is 1. The zero-order chi connectivity index (χ0) is 11.8. The van der Waals surface area contributed by atoms with Gasteiger partial charge in [0.05, 0.1) is 6.61 Å². The fraction of sp³-hybridized carbons (Fsp3) is 0.909. The van der Waals surface area contributed by atoms with Gasteiger partial charge >= 0.3 is 0 Å². The van der Waals surface area contributed by atoms with Crippen molar-refractivity contribution < 1.29 is 9.53 Å². The summed E-state index contributed by atoms with van der Waals surface area (Å²) in [6, 6.07) is 0. The van der Waals surface area contributed by atoms with Crippen molar-refractivity contribution in [3.63, 3.8) is 0 Å². The van der Waals surface area contributed by atoms with Crippen molar-refractivity contribution in [3.05, 3.63) is 0 Å². The lowest BCUT2D eigenvalue weighted by atomic mass is 10.3. The quantitative estimate of drug-likeness (QED) is 0.640. The first-order valence-electron chi connectivity index (χ1n) is 6.10. The number of ether oxygens (including phenoxy) is 1. The number of hydrogen-bond acceptors (Lipinski definition) is 4. The van der Waals surface area contributed by atoms with E-state index in [1.165, 1.54) is 0 Å². The molecular formula is C11H23N3O2. The zero-order valence-corrected chi connectivity index (χ0v) is 10.3. The third-order valence-corrected chi connectivity index (χ3v) is 2.84. The van der Waals surface area contributed by atoms with Crippen LogP contribution in [0.25, 0.3) is 0 Å². The van der Waals surface area contributed by atoms with Crippen LogP contribution in [0.5, 0.6) is 0 Å². The van der Waals surface area contributed by atoms with Crippen molar-refractivity contribution in [1.29, 1.82) is 0 Å². The van der Waals surface area contributed by atoms with E-state index in [-0.39, 0.29) is 12.0 Å². The van der Waals surface area contributed by atoms with Crippen LogP contribution in [-0.2, 0) is 9.53 Å². The lowest BCUT2D eigenvalue weighted by Gasteiger charge is -2.23. The number of likely N-dealkylation sites (N-methyl/N-ethyl adjacent to an activating group) is 1. The van der Waals surface area contributed by atoms with E-state index in [1.54, 1.807) is 0 Å². The second-order valence-electron chi connectivity index (χ2n) is 3.88. The first kappa shape index (κ1) is 13.4. The maximum Gasteiger partial charge on any atom is 0.250 e. The van der Waals surface area contributed by atoms with Gasteiger partial charge in [0.25, 0.3) is 5.91 Å². The fourth-order valence-corrected chi connectivity index (χ4v) is 1.72. The Hall–Kier alpha value is -0.650. The predicted octanol–water partition coefficient (Wildman–Crippen LogP) is -0.567. The minimum absolute atomic E-state index is 0.000596. The summed E-state index contributed by atoms with van der Waals surface area (Å²) in [4.78, 5) is 13.9. The molecule has 16 heavy (non-hydrogen) atoms. The van der Waals surface area contributed by atoms with Crippen LogP contribution in [0, 0.1) is 0 Å². The lowest BCUT2D eigenvalue weighted by Crippen LogP contribution is -2.49. The number of morpholine rings is 1. The molecule has 0 aromatic heterocycles. The van der Waals surface area contributed by atoms with E-state index in [4.69, 9.17) is 4.74 Å². The number of rotatable bonds is 6. The van der Waals surface area contributed by atoms with E-state index in [0.29, 0.717) is 19.7 Å². The molecule has 1 fully saturated rings. The number of amides is 1. The van der Waals surface area contributed by atoms with E-state index >= 15 is 0 Å². The number of hydrogen-bond donors (Lipinski definition) is 2. The Morgan fingerprint density at radius 2 is 2.25 bits per heavy atom. The van der Waals surface area contributed by atoms with Gasteiger partial charge < -0.3 is 20.3 Å². The van der Waals surface area contributed by atoms with Crippen molar-refractivity contribution in [1.82, 2.24) is 15.5 Å². The Bertz CT molecular complexity index is 201. The van der Waals surface area contributed by atoms with Gasteiger partial charge in [0.15, 0.2) is 0 Å². The van der Waals surface area contributed by atoms with Crippen LogP contribution in [0.15, 0.2) is 0 Å². The van der Waals surface area contributed by atoms with Crippen LogP contribution in [-0.4, -0.2) is 62.8 Å². The van der Waals surface area contributed by atoms with E-state index in [1.807, 2.05) is 0 Å². The molecule has 1 saturated heterocycles. The van der Waals surface area contributed by atoms with Crippen molar-refractivity contribution >= 4 is 5.91 Å². The lowest BCUT2D eigenvalue weighted by molar-refractivity contribution is -0.134. The number of carbonyl (C=O) groups excluding carboxylic acids is 1. The van der Waals surface area contributed by atoms with Crippen LogP contribution in [0.3, 0.4) is 0 Å². The second-order valence-corrected chi connectivity index (χ2v) is 3.88. The van der Waals surface area contributed by atoms with Gasteiger partial charge in [0.1, 0.15) is 6.10 Å². The first-order chi connectivity index (χ1) is 7.77. The van der Waals surface area contributed by atoms with Gasteiger partial charge in [0.2, 0.25) is 0 Å². The standard InChI is InChI=1S/C11H23N3O2/c1-3-14(4-2)7-5-13-11(15)10-9-12-6-8-16-10/h10,12H,3-9H2,1-2H3,(H,13,15). The van der Waals surface area contributed by atoms with E-state index < -0.39 is 0 Å². The normalized spacial score (nSPS) is 21.1. The zero-order valence-electron chi connectivity index (χ0n) is 10.3. The highest BCUT2D eigenvalue weighted by molar-refractivity contribution is 5.81. The van der Waals surface area contributed by atoms with E-state index in [0.717, 1.165) is 26.2 Å². The summed E-state index contributed by atoms with van der Waals surface area (Å²) in [6.07, 6.45) is -0.314. The Morgan fingerprint density at radius 1 is 1.50 bits per heavy atom. The summed E-state index contributed by atoms with van der Waals surface area (Å²) in [5.41, 5.74) is 0. The summed E-state index contributed by atoms with van der Waals surface area (Å²) in [5.74, 6) is -0.000596. The molecule has 1 atom stereocenters. The largest absolute Gasteiger partial charge is 0.366 e. The SMILES string of the molecule is CCN(CC)CCNC(=O)C1CNCCO1. The molecule has 1 unspecified atom stereocenters. The molecule has 1 heterocycles. The van der Waals surface area contributed by atoms with Gasteiger partial charge in [-0.25, -0.2) is 0 Å². The van der Waals surface area contributed by atoms with Crippen LogP contribution in [0.4, 0.5) is 0 Å². The molecule has 0 radical (unpaired) electrons. The average Bonchev–Trinajstić information content (AvgIpc) is 2.35. The average molecular weight is 229 g/mol. The molecule has 5 nitrogen and oxygen atoms in total. The van der Waals surface area contributed by atoms with Gasteiger partial charge in [-0.3, -0.25) is 4.79 Å². The predicted molar refractivity (Wildman–Crippen MR) is 63.4 cm³/mol. The Kier molecular flexibility index (Phi) is 6.37. The van der Waals surface area contributed by atoms with Gasteiger partial charge in [-0.1, -0.05) is 13.8 Å². The topological polar surface area (TPSA) is 53.6 Å². The summed E-state index contributed by atoms with van der Waals surface area (Å²) >= 11 is 0. The molecule has 0 bridgehead atoms. The highest BCUT2D eigenvalue weighted by atomic mass is 16.5. The summed E-state index contributed by atoms with van der Waals surface area (Å²) < 4.78 is 5.36. The summed E-state index contributed by atoms with van der Waals surface area (Å²) in [5, 5.41) is 6.05. The number of nitrogens with one attached hydrogen (secondary N) is 2. The van der Waals surface area contributed by atoms with Crippen molar-refractivity contribution in [2.45, 2.75) is 20.0 Å². The van der Waals surface area contributed by atoms with Crippen molar-refractivity contribution in [3.8, 4) is 0 Å². The Labute approximate surface area is 97.5 Å². The minimum atomic E-state index is -0.314. The molecule has 1 amide bonds. The van der Waals surface area contributed by atoms with E-state index in [9.17, 15) is 4.79 Å². The molecule has 0 aliphatic carbocycles. The molecule has 1 aliphatic heterocycles. The summed E-state index contributed by atoms with van der Waals surface area (Å²) in [6.45, 7) is 9.97. The molecular weight excluding hydrogens is 206 g/mol.